The van der Waals surface area contributed by atoms with Crippen LogP contribution in [0.15, 0.2) is 17.1 Å². The molecule has 98 valence electrons. The minimum Gasteiger partial charge on any atom is -0.194 e. The highest BCUT2D eigenvalue weighted by Crippen LogP contribution is 2.30. The molecule has 2 heteroatoms. The largest absolute Gasteiger partial charge is 0.194 e. The third-order valence-corrected chi connectivity index (χ3v) is 3.07. The average Bonchev–Trinajstić information content (AvgIpc) is 2.28. The molecule has 1 aromatic rings. The summed E-state index contributed by atoms with van der Waals surface area (Å²) >= 11 is 4.75. The number of hydrogen-bond donors (Lipinski definition) is 0. The molecule has 0 spiro atoms. The Labute approximate surface area is 116 Å². The van der Waals surface area contributed by atoms with Crippen LogP contribution in [0.5, 0.6) is 0 Å². The molecule has 1 nitrogen and oxygen atoms in total. The van der Waals surface area contributed by atoms with Gasteiger partial charge in [0, 0.05) is 0 Å². The van der Waals surface area contributed by atoms with E-state index >= 15 is 0 Å². The number of isothiocyanates is 1. The van der Waals surface area contributed by atoms with Gasteiger partial charge in [0.15, 0.2) is 0 Å². The molecule has 0 saturated heterocycles. The molecule has 0 heterocycles. The van der Waals surface area contributed by atoms with E-state index in [1.165, 1.54) is 16.7 Å². The van der Waals surface area contributed by atoms with Gasteiger partial charge in [-0.3, -0.25) is 0 Å². The number of aliphatic imine (C=N–C) groups is 1. The van der Waals surface area contributed by atoms with Crippen molar-refractivity contribution in [2.75, 3.05) is 0 Å². The highest BCUT2D eigenvalue weighted by atomic mass is 32.1. The molecule has 0 aromatic heterocycles. The molecule has 0 aliphatic rings. The predicted octanol–water partition coefficient (Wildman–Crippen LogP) is 5.13. The molecular weight excluding hydrogens is 238 g/mol. The topological polar surface area (TPSA) is 12.4 Å². The maximum atomic E-state index is 4.75. The zero-order valence-corrected chi connectivity index (χ0v) is 12.9. The first-order chi connectivity index (χ1) is 8.41. The van der Waals surface area contributed by atoms with Gasteiger partial charge in [0.05, 0.1) is 10.8 Å². The quantitative estimate of drug-likeness (QED) is 0.540. The van der Waals surface area contributed by atoms with E-state index in [9.17, 15) is 0 Å². The van der Waals surface area contributed by atoms with Gasteiger partial charge >= 0.3 is 0 Å². The summed E-state index contributed by atoms with van der Waals surface area (Å²) < 4.78 is 0. The van der Waals surface area contributed by atoms with Crippen molar-refractivity contribution in [1.29, 1.82) is 0 Å². The summed E-state index contributed by atoms with van der Waals surface area (Å²) in [7, 11) is 0. The Bertz CT molecular complexity index is 437. The van der Waals surface area contributed by atoms with E-state index in [0.717, 1.165) is 24.9 Å². The molecule has 0 radical (unpaired) electrons. The first-order valence-corrected chi connectivity index (χ1v) is 7.04. The minimum absolute atomic E-state index is 0.310. The SMILES string of the molecule is CCc1cc(CC(C)(C)C)cc(CC)c1N=C=S. The molecule has 0 atom stereocenters. The van der Waals surface area contributed by atoms with Gasteiger partial charge in [-0.2, -0.15) is 4.99 Å². The Balaban J connectivity index is 3.30. The molecule has 0 amide bonds. The third kappa shape index (κ3) is 4.04. The Hall–Kier alpha value is -0.980. The molecule has 0 saturated carbocycles. The maximum Gasteiger partial charge on any atom is 0.0803 e. The van der Waals surface area contributed by atoms with Crippen LogP contribution >= 0.6 is 12.2 Å². The lowest BCUT2D eigenvalue weighted by molar-refractivity contribution is 0.411. The fourth-order valence-corrected chi connectivity index (χ4v) is 2.37. The summed E-state index contributed by atoms with van der Waals surface area (Å²) in [6.45, 7) is 11.1. The monoisotopic (exact) mass is 261 g/mol. The molecular formula is C16H23NS. The number of hydrogen-bond acceptors (Lipinski definition) is 2. The van der Waals surface area contributed by atoms with Gasteiger partial charge in [-0.1, -0.05) is 46.8 Å². The van der Waals surface area contributed by atoms with Gasteiger partial charge in [-0.15, -0.1) is 0 Å². The molecule has 0 aliphatic carbocycles. The second kappa shape index (κ2) is 6.26. The molecule has 0 N–H and O–H groups in total. The zero-order chi connectivity index (χ0) is 13.8. The number of nitrogens with zero attached hydrogens (tertiary/aromatic N) is 1. The molecule has 1 aromatic carbocycles. The number of aryl methyl sites for hydroxylation is 2. The van der Waals surface area contributed by atoms with Gasteiger partial charge in [0.2, 0.25) is 0 Å². The minimum atomic E-state index is 0.310. The normalized spacial score (nSPS) is 11.2. The maximum absolute atomic E-state index is 4.75. The van der Waals surface area contributed by atoms with Crippen LogP contribution in [-0.4, -0.2) is 5.16 Å². The Morgan fingerprint density at radius 1 is 1.11 bits per heavy atom. The standard InChI is InChI=1S/C16H23NS/c1-6-13-8-12(10-16(3,4)5)9-14(7-2)15(13)17-11-18/h8-9H,6-7,10H2,1-5H3. The van der Waals surface area contributed by atoms with E-state index in [4.69, 9.17) is 12.2 Å². The molecule has 0 aliphatic heterocycles. The van der Waals surface area contributed by atoms with E-state index in [2.05, 4.69) is 56.9 Å². The summed E-state index contributed by atoms with van der Waals surface area (Å²) in [6.07, 6.45) is 3.07. The summed E-state index contributed by atoms with van der Waals surface area (Å²) in [6, 6.07) is 4.55. The fourth-order valence-electron chi connectivity index (χ4n) is 2.27. The number of rotatable bonds is 4. The van der Waals surface area contributed by atoms with Crippen LogP contribution in [-0.2, 0) is 19.3 Å². The van der Waals surface area contributed by atoms with Crippen molar-refractivity contribution in [3.05, 3.63) is 28.8 Å². The van der Waals surface area contributed by atoms with Crippen molar-refractivity contribution in [2.24, 2.45) is 10.4 Å². The second-order valence-electron chi connectivity index (χ2n) is 5.91. The van der Waals surface area contributed by atoms with Crippen LogP contribution in [0.2, 0.25) is 0 Å². The van der Waals surface area contributed by atoms with Gasteiger partial charge < -0.3 is 0 Å². The third-order valence-electron chi connectivity index (χ3n) is 2.98. The lowest BCUT2D eigenvalue weighted by Crippen LogP contribution is -2.10. The Morgan fingerprint density at radius 2 is 1.61 bits per heavy atom. The van der Waals surface area contributed by atoms with Crippen molar-refractivity contribution in [3.63, 3.8) is 0 Å². The van der Waals surface area contributed by atoms with Crippen LogP contribution in [0.1, 0.15) is 51.3 Å². The van der Waals surface area contributed by atoms with Crippen molar-refractivity contribution in [1.82, 2.24) is 0 Å². The van der Waals surface area contributed by atoms with Gasteiger partial charge in [0.1, 0.15) is 0 Å². The summed E-state index contributed by atoms with van der Waals surface area (Å²) in [4.78, 5) is 4.25. The van der Waals surface area contributed by atoms with E-state index in [1.807, 2.05) is 0 Å². The lowest BCUT2D eigenvalue weighted by atomic mass is 9.86. The first kappa shape index (κ1) is 15.1. The van der Waals surface area contributed by atoms with Crippen LogP contribution in [0.25, 0.3) is 0 Å². The van der Waals surface area contributed by atoms with E-state index in [0.29, 0.717) is 5.41 Å². The Kier molecular flexibility index (Phi) is 5.25. The highest BCUT2D eigenvalue weighted by Gasteiger charge is 2.14. The molecule has 0 bridgehead atoms. The number of thiocarbonyl (C=S) groups is 1. The lowest BCUT2D eigenvalue weighted by Gasteiger charge is -2.20. The van der Waals surface area contributed by atoms with Gasteiger partial charge in [-0.25, -0.2) is 0 Å². The highest BCUT2D eigenvalue weighted by molar-refractivity contribution is 7.78. The van der Waals surface area contributed by atoms with Crippen molar-refractivity contribution in [2.45, 2.75) is 53.9 Å². The summed E-state index contributed by atoms with van der Waals surface area (Å²) in [5.41, 5.74) is 5.31. The predicted molar refractivity (Wildman–Crippen MR) is 83.0 cm³/mol. The van der Waals surface area contributed by atoms with Gasteiger partial charge in [-0.05, 0) is 53.6 Å². The molecule has 18 heavy (non-hydrogen) atoms. The van der Waals surface area contributed by atoms with E-state index < -0.39 is 0 Å². The van der Waals surface area contributed by atoms with Gasteiger partial charge in [0.25, 0.3) is 0 Å². The second-order valence-corrected chi connectivity index (χ2v) is 6.09. The van der Waals surface area contributed by atoms with Crippen molar-refractivity contribution < 1.29 is 0 Å². The first-order valence-electron chi connectivity index (χ1n) is 6.63. The summed E-state index contributed by atoms with van der Waals surface area (Å²) in [5.74, 6) is 0. The fraction of sp³-hybridized carbons (Fsp3) is 0.562. The number of benzene rings is 1. The van der Waals surface area contributed by atoms with Crippen LogP contribution in [0, 0.1) is 5.41 Å². The van der Waals surface area contributed by atoms with E-state index in [1.54, 1.807) is 0 Å². The molecule has 0 fully saturated rings. The van der Waals surface area contributed by atoms with Crippen LogP contribution in [0.4, 0.5) is 5.69 Å². The van der Waals surface area contributed by atoms with Crippen molar-refractivity contribution in [3.8, 4) is 0 Å². The van der Waals surface area contributed by atoms with Crippen LogP contribution in [0.3, 0.4) is 0 Å². The van der Waals surface area contributed by atoms with Crippen molar-refractivity contribution >= 4 is 23.1 Å². The molecule has 0 unspecified atom stereocenters. The smallest absolute Gasteiger partial charge is 0.0803 e. The molecule has 1 rings (SSSR count). The average molecular weight is 261 g/mol. The van der Waals surface area contributed by atoms with E-state index in [-0.39, 0.29) is 0 Å². The Morgan fingerprint density at radius 3 is 1.94 bits per heavy atom. The zero-order valence-electron chi connectivity index (χ0n) is 12.1. The van der Waals surface area contributed by atoms with Crippen LogP contribution < -0.4 is 0 Å². The summed E-state index contributed by atoms with van der Waals surface area (Å²) in [5, 5.41) is 2.51.